The van der Waals surface area contributed by atoms with Crippen molar-refractivity contribution in [2.45, 2.75) is 37.6 Å². The number of nitrogens with one attached hydrogen (secondary N) is 1. The van der Waals surface area contributed by atoms with Gasteiger partial charge in [-0.1, -0.05) is 13.3 Å². The van der Waals surface area contributed by atoms with Crippen molar-refractivity contribution in [1.82, 2.24) is 9.62 Å². The number of thiophene rings is 1. The minimum absolute atomic E-state index is 0.448. The van der Waals surface area contributed by atoms with Crippen molar-refractivity contribution in [1.29, 1.82) is 0 Å². The average Bonchev–Trinajstić information content (AvgIpc) is 2.77. The maximum Gasteiger partial charge on any atom is 0.243 e. The van der Waals surface area contributed by atoms with Crippen LogP contribution in [0.2, 0.25) is 0 Å². The largest absolute Gasteiger partial charge is 0.315 e. The summed E-state index contributed by atoms with van der Waals surface area (Å²) in [5.74, 6) is 0.560. The first-order valence-corrected chi connectivity index (χ1v) is 9.12. The zero-order valence-electron chi connectivity index (χ0n) is 11.6. The van der Waals surface area contributed by atoms with Gasteiger partial charge in [-0.3, -0.25) is 0 Å². The van der Waals surface area contributed by atoms with E-state index in [0.717, 1.165) is 11.4 Å². The summed E-state index contributed by atoms with van der Waals surface area (Å²) in [4.78, 5) is 1.50. The highest BCUT2D eigenvalue weighted by atomic mass is 32.2. The van der Waals surface area contributed by atoms with E-state index in [9.17, 15) is 8.42 Å². The second kappa shape index (κ2) is 6.35. The van der Waals surface area contributed by atoms with Crippen LogP contribution in [0.5, 0.6) is 0 Å². The monoisotopic (exact) mass is 302 g/mol. The van der Waals surface area contributed by atoms with Gasteiger partial charge in [-0.15, -0.1) is 11.3 Å². The highest BCUT2D eigenvalue weighted by Crippen LogP contribution is 2.30. The molecule has 0 aromatic carbocycles. The van der Waals surface area contributed by atoms with Crippen LogP contribution < -0.4 is 5.32 Å². The molecule has 1 heterocycles. The van der Waals surface area contributed by atoms with E-state index in [1.165, 1.54) is 30.6 Å². The molecule has 1 aliphatic rings. The second-order valence-electron chi connectivity index (χ2n) is 5.03. The molecule has 19 heavy (non-hydrogen) atoms. The zero-order chi connectivity index (χ0) is 13.9. The Hall–Kier alpha value is -0.430. The molecule has 1 fully saturated rings. The van der Waals surface area contributed by atoms with Gasteiger partial charge in [-0.2, -0.15) is 4.31 Å². The van der Waals surface area contributed by atoms with Crippen LogP contribution in [0.1, 0.15) is 31.1 Å². The molecule has 6 heteroatoms. The Morgan fingerprint density at radius 3 is 2.74 bits per heavy atom. The third-order valence-electron chi connectivity index (χ3n) is 3.66. The minimum atomic E-state index is -3.30. The lowest BCUT2D eigenvalue weighted by Crippen LogP contribution is -2.37. The minimum Gasteiger partial charge on any atom is -0.315 e. The van der Waals surface area contributed by atoms with Gasteiger partial charge in [0.1, 0.15) is 0 Å². The Morgan fingerprint density at radius 2 is 2.21 bits per heavy atom. The number of nitrogens with zero attached hydrogens (tertiary/aromatic N) is 1. The summed E-state index contributed by atoms with van der Waals surface area (Å²) in [7, 11) is -1.44. The van der Waals surface area contributed by atoms with Gasteiger partial charge in [0, 0.05) is 29.9 Å². The van der Waals surface area contributed by atoms with Crippen molar-refractivity contribution < 1.29 is 8.42 Å². The quantitative estimate of drug-likeness (QED) is 0.840. The van der Waals surface area contributed by atoms with E-state index in [1.807, 2.05) is 14.0 Å². The summed E-state index contributed by atoms with van der Waals surface area (Å²) in [6, 6.07) is 1.79. The van der Waals surface area contributed by atoms with Gasteiger partial charge >= 0.3 is 0 Å². The highest BCUT2D eigenvalue weighted by molar-refractivity contribution is 7.89. The molecule has 0 amide bonds. The van der Waals surface area contributed by atoms with Crippen LogP contribution in [0.3, 0.4) is 0 Å². The van der Waals surface area contributed by atoms with Gasteiger partial charge in [-0.05, 0) is 31.9 Å². The Kier molecular flexibility index (Phi) is 5.00. The molecule has 0 unspecified atom stereocenters. The van der Waals surface area contributed by atoms with Crippen LogP contribution in [0.25, 0.3) is 0 Å². The highest BCUT2D eigenvalue weighted by Gasteiger charge is 2.29. The fourth-order valence-electron chi connectivity index (χ4n) is 2.27. The Morgan fingerprint density at radius 1 is 1.47 bits per heavy atom. The van der Waals surface area contributed by atoms with E-state index >= 15 is 0 Å². The fraction of sp³-hybridized carbons (Fsp3) is 0.692. The normalized spacial score (nSPS) is 16.8. The smallest absolute Gasteiger partial charge is 0.243 e. The van der Waals surface area contributed by atoms with Crippen LogP contribution >= 0.6 is 11.3 Å². The topological polar surface area (TPSA) is 49.4 Å². The molecule has 1 aromatic heterocycles. The first-order valence-electron chi connectivity index (χ1n) is 6.80. The van der Waals surface area contributed by atoms with Crippen LogP contribution in [-0.2, 0) is 16.6 Å². The van der Waals surface area contributed by atoms with Crippen LogP contribution in [0.4, 0.5) is 0 Å². The summed E-state index contributed by atoms with van der Waals surface area (Å²) in [5, 5.41) is 4.80. The van der Waals surface area contributed by atoms with E-state index in [1.54, 1.807) is 15.8 Å². The van der Waals surface area contributed by atoms with E-state index in [0.29, 0.717) is 23.9 Å². The second-order valence-corrected chi connectivity index (χ2v) is 7.97. The van der Waals surface area contributed by atoms with Crippen LogP contribution in [-0.4, -0.2) is 32.9 Å². The molecule has 0 bridgehead atoms. The first kappa shape index (κ1) is 15.0. The molecule has 0 saturated heterocycles. The van der Waals surface area contributed by atoms with E-state index in [2.05, 4.69) is 5.32 Å². The van der Waals surface area contributed by atoms with Crippen molar-refractivity contribution >= 4 is 21.4 Å². The molecule has 2 rings (SSSR count). The lowest BCUT2D eigenvalue weighted by atomic mass is 9.85. The van der Waals surface area contributed by atoms with Crippen molar-refractivity contribution in [3.05, 3.63) is 16.3 Å². The van der Waals surface area contributed by atoms with Crippen molar-refractivity contribution in [3.8, 4) is 0 Å². The van der Waals surface area contributed by atoms with E-state index < -0.39 is 10.0 Å². The summed E-state index contributed by atoms with van der Waals surface area (Å²) in [5.41, 5.74) is 0. The van der Waals surface area contributed by atoms with Gasteiger partial charge in [0.05, 0.1) is 4.90 Å². The molecule has 1 saturated carbocycles. The third-order valence-corrected chi connectivity index (χ3v) is 6.66. The molecule has 0 spiro atoms. The predicted octanol–water partition coefficient (Wildman–Crippen LogP) is 2.28. The molecule has 0 radical (unpaired) electrons. The number of hydrogen-bond acceptors (Lipinski definition) is 4. The molecule has 0 aliphatic heterocycles. The first-order chi connectivity index (χ1) is 9.07. The van der Waals surface area contributed by atoms with Crippen molar-refractivity contribution in [3.63, 3.8) is 0 Å². The van der Waals surface area contributed by atoms with Crippen LogP contribution in [0.15, 0.2) is 16.3 Å². The number of sulfonamides is 1. The van der Waals surface area contributed by atoms with Gasteiger partial charge in [0.25, 0.3) is 0 Å². The van der Waals surface area contributed by atoms with E-state index in [4.69, 9.17) is 0 Å². The molecule has 1 aliphatic carbocycles. The SMILES string of the molecule is CCN(CC1CCC1)S(=O)(=O)c1csc(CNC)c1. The maximum absolute atomic E-state index is 12.6. The van der Waals surface area contributed by atoms with E-state index in [-0.39, 0.29) is 0 Å². The molecule has 4 nitrogen and oxygen atoms in total. The van der Waals surface area contributed by atoms with Crippen molar-refractivity contribution in [2.24, 2.45) is 5.92 Å². The van der Waals surface area contributed by atoms with Gasteiger partial charge in [0.15, 0.2) is 0 Å². The Balaban J connectivity index is 2.13. The Labute approximate surface area is 119 Å². The Bertz CT molecular complexity index is 506. The van der Waals surface area contributed by atoms with Crippen molar-refractivity contribution in [2.75, 3.05) is 20.1 Å². The maximum atomic E-state index is 12.6. The predicted molar refractivity (Wildman–Crippen MR) is 78.9 cm³/mol. The number of rotatable bonds is 7. The summed E-state index contributed by atoms with van der Waals surface area (Å²) >= 11 is 1.50. The van der Waals surface area contributed by atoms with Gasteiger partial charge in [0.2, 0.25) is 10.0 Å². The average molecular weight is 302 g/mol. The van der Waals surface area contributed by atoms with Crippen LogP contribution in [0, 0.1) is 5.92 Å². The fourth-order valence-corrected chi connectivity index (χ4v) is 5.07. The molecular weight excluding hydrogens is 280 g/mol. The lowest BCUT2D eigenvalue weighted by molar-refractivity contribution is 0.250. The summed E-state index contributed by atoms with van der Waals surface area (Å²) in [6.45, 7) is 3.86. The third kappa shape index (κ3) is 3.37. The molecule has 1 aromatic rings. The summed E-state index contributed by atoms with van der Waals surface area (Å²) in [6.07, 6.45) is 3.58. The van der Waals surface area contributed by atoms with Gasteiger partial charge < -0.3 is 5.32 Å². The lowest BCUT2D eigenvalue weighted by Gasteiger charge is -2.30. The van der Waals surface area contributed by atoms with Gasteiger partial charge in [-0.25, -0.2) is 8.42 Å². The standard InChI is InChI=1S/C13H22N2O2S2/c1-3-15(9-11-5-4-6-11)19(16,17)13-7-12(8-14-2)18-10-13/h7,10-11,14H,3-6,8-9H2,1-2H3. The molecule has 108 valence electrons. The molecule has 0 atom stereocenters. The summed E-state index contributed by atoms with van der Waals surface area (Å²) < 4.78 is 26.8. The molecule has 1 N–H and O–H groups in total. The zero-order valence-corrected chi connectivity index (χ0v) is 13.2. The number of hydrogen-bond donors (Lipinski definition) is 1. The molecular formula is C13H22N2O2S2.